The number of amides is 2. The van der Waals surface area contributed by atoms with Crippen LogP contribution in [0.25, 0.3) is 5.57 Å². The van der Waals surface area contributed by atoms with Gasteiger partial charge in [0.05, 0.1) is 12.3 Å². The molecule has 1 aromatic carbocycles. The van der Waals surface area contributed by atoms with Crippen LogP contribution in [0.2, 0.25) is 0 Å². The lowest BCUT2D eigenvalue weighted by Gasteiger charge is -2.28. The third-order valence-corrected chi connectivity index (χ3v) is 7.03. The minimum absolute atomic E-state index is 0.0982. The van der Waals surface area contributed by atoms with E-state index in [1.54, 1.807) is 12.4 Å². The molecule has 1 saturated carbocycles. The monoisotopic (exact) mass is 623 g/mol. The Morgan fingerprint density at radius 2 is 1.83 bits per heavy atom. The van der Waals surface area contributed by atoms with Crippen LogP contribution in [-0.4, -0.2) is 61.6 Å². The van der Waals surface area contributed by atoms with Gasteiger partial charge in [0.1, 0.15) is 17.4 Å². The van der Waals surface area contributed by atoms with Crippen molar-refractivity contribution in [3.8, 4) is 5.75 Å². The highest BCUT2D eigenvalue weighted by atomic mass is 32.2. The molecule has 2 heterocycles. The van der Waals surface area contributed by atoms with E-state index in [-0.39, 0.29) is 22.9 Å². The molecule has 9 nitrogen and oxygen atoms in total. The number of para-hydroxylation sites is 1. The zero-order valence-electron chi connectivity index (χ0n) is 22.5. The maximum Gasteiger partial charge on any atom is 0.408 e. The lowest BCUT2D eigenvalue weighted by Crippen LogP contribution is -2.51. The Labute approximate surface area is 242 Å². The first kappa shape index (κ1) is 33.3. The number of rotatable bonds is 11. The van der Waals surface area contributed by atoms with Crippen molar-refractivity contribution in [2.45, 2.75) is 68.6 Å². The van der Waals surface area contributed by atoms with Gasteiger partial charge in [0, 0.05) is 36.9 Å². The quantitative estimate of drug-likeness (QED) is 0.102. The molecule has 1 aliphatic carbocycles. The lowest BCUT2D eigenvalue weighted by atomic mass is 9.92. The minimum Gasteiger partial charge on any atom is -0.494 e. The molecule has 3 N–H and O–H groups in total. The Kier molecular flexibility index (Phi) is 11.7. The molecule has 1 fully saturated rings. The van der Waals surface area contributed by atoms with Crippen molar-refractivity contribution in [1.29, 1.82) is 0 Å². The Morgan fingerprint density at radius 3 is 2.40 bits per heavy atom. The summed E-state index contributed by atoms with van der Waals surface area (Å²) in [6.07, 6.45) is -5.37. The van der Waals surface area contributed by atoms with E-state index in [0.29, 0.717) is 24.0 Å². The summed E-state index contributed by atoms with van der Waals surface area (Å²) in [4.78, 5) is 24.6. The van der Waals surface area contributed by atoms with Gasteiger partial charge in [-0.1, -0.05) is 18.2 Å². The number of alkyl halides is 6. The first-order valence-electron chi connectivity index (χ1n) is 13.0. The number of ether oxygens (including phenoxy) is 1. The first-order chi connectivity index (χ1) is 19.7. The predicted molar refractivity (Wildman–Crippen MR) is 142 cm³/mol. The molecule has 16 heteroatoms. The fourth-order valence-corrected chi connectivity index (χ4v) is 4.53. The fourth-order valence-electron chi connectivity index (χ4n) is 3.77. The average Bonchev–Trinajstić information content (AvgIpc) is 3.61. The molecular weight excluding hydrogens is 592 g/mol. The van der Waals surface area contributed by atoms with E-state index in [1.807, 2.05) is 30.3 Å². The predicted octanol–water partition coefficient (Wildman–Crippen LogP) is 5.35. The molecule has 232 valence electrons. The summed E-state index contributed by atoms with van der Waals surface area (Å²) in [6.45, 7) is 0.474. The highest BCUT2D eigenvalue weighted by molar-refractivity contribution is 7.97. The summed E-state index contributed by atoms with van der Waals surface area (Å²) < 4.78 is 81.8. The van der Waals surface area contributed by atoms with Crippen LogP contribution in [0.5, 0.6) is 5.75 Å². The van der Waals surface area contributed by atoms with Gasteiger partial charge < -0.3 is 10.1 Å². The standard InChI is InChI=1S/C14H16F3N5O3S.C12H15F3O/c1-21-5-4-9(19-21)8-6-10(14(15,16)17)18-12(23)11(8)13(24)20-22(25)26-7-2-3-7;13-12(14,15)9-5-2-6-10-16-11-7-3-1-4-8-11/h4-5,7,10,25H,2-3,6H2,1H3,(H,18,23)(H,20,24);1,3-4,7-8H,2,5-6,9-10H2. The van der Waals surface area contributed by atoms with Crippen molar-refractivity contribution in [3.05, 3.63) is 53.9 Å². The zero-order valence-corrected chi connectivity index (χ0v) is 23.4. The summed E-state index contributed by atoms with van der Waals surface area (Å²) in [5, 5.41) is 15.7. The van der Waals surface area contributed by atoms with Crippen molar-refractivity contribution in [2.24, 2.45) is 7.05 Å². The number of hydrazine groups is 1. The number of nitrogens with one attached hydrogen (secondary N) is 2. The number of carbonyl (C=O) groups excluding carboxylic acids is 2. The van der Waals surface area contributed by atoms with E-state index in [4.69, 9.17) is 4.74 Å². The molecule has 2 aromatic rings. The van der Waals surface area contributed by atoms with Crippen LogP contribution in [0.15, 0.2) is 48.2 Å². The molecule has 0 saturated heterocycles. The van der Waals surface area contributed by atoms with E-state index in [9.17, 15) is 41.1 Å². The average molecular weight is 624 g/mol. The molecule has 2 amide bonds. The summed E-state index contributed by atoms with van der Waals surface area (Å²) >= 11 is 0.968. The van der Waals surface area contributed by atoms with Gasteiger partial charge in [-0.2, -0.15) is 31.4 Å². The maximum atomic E-state index is 13.1. The number of unbranched alkanes of at least 4 members (excludes halogenated alkanes) is 2. The van der Waals surface area contributed by atoms with E-state index < -0.39 is 48.6 Å². The van der Waals surface area contributed by atoms with Crippen molar-refractivity contribution >= 4 is 29.3 Å². The normalized spacial score (nSPS) is 17.5. The van der Waals surface area contributed by atoms with Crippen LogP contribution in [0.4, 0.5) is 26.3 Å². The Hall–Kier alpha value is -3.24. The lowest BCUT2D eigenvalue weighted by molar-refractivity contribution is -0.161. The van der Waals surface area contributed by atoms with Gasteiger partial charge in [-0.3, -0.25) is 24.9 Å². The molecule has 0 spiro atoms. The van der Waals surface area contributed by atoms with E-state index in [2.05, 4.69) is 10.5 Å². The van der Waals surface area contributed by atoms with Gasteiger partial charge in [-0.25, -0.2) is 0 Å². The largest absolute Gasteiger partial charge is 0.494 e. The number of nitrogens with zero attached hydrogens (tertiary/aromatic N) is 3. The molecule has 1 unspecified atom stereocenters. The molecule has 2 aliphatic rings. The smallest absolute Gasteiger partial charge is 0.408 e. The molecule has 1 aliphatic heterocycles. The topological polar surface area (TPSA) is 109 Å². The Balaban J connectivity index is 0.000000260. The second-order valence-electron chi connectivity index (χ2n) is 9.61. The van der Waals surface area contributed by atoms with E-state index in [1.165, 1.54) is 16.9 Å². The highest BCUT2D eigenvalue weighted by Crippen LogP contribution is 2.36. The highest BCUT2D eigenvalue weighted by Gasteiger charge is 2.46. The van der Waals surface area contributed by atoms with Gasteiger partial charge in [0.25, 0.3) is 11.8 Å². The first-order valence-corrected chi connectivity index (χ1v) is 13.9. The van der Waals surface area contributed by atoms with Crippen molar-refractivity contribution in [1.82, 2.24) is 25.1 Å². The molecule has 1 aromatic heterocycles. The van der Waals surface area contributed by atoms with Gasteiger partial charge in [0.15, 0.2) is 0 Å². The minimum atomic E-state index is -4.66. The van der Waals surface area contributed by atoms with Crippen LogP contribution in [0.3, 0.4) is 0 Å². The third kappa shape index (κ3) is 11.2. The molecular formula is C26H31F6N5O4S. The van der Waals surface area contributed by atoms with Gasteiger partial charge in [-0.15, -0.1) is 0 Å². The van der Waals surface area contributed by atoms with Crippen LogP contribution < -0.4 is 15.5 Å². The van der Waals surface area contributed by atoms with Crippen molar-refractivity contribution in [2.75, 3.05) is 6.61 Å². The summed E-state index contributed by atoms with van der Waals surface area (Å²) in [7, 11) is 1.57. The van der Waals surface area contributed by atoms with Crippen LogP contribution in [-0.2, 0) is 16.6 Å². The molecule has 0 bridgehead atoms. The summed E-state index contributed by atoms with van der Waals surface area (Å²) in [5.74, 6) is -1.40. The number of benzene rings is 1. The number of aromatic nitrogens is 2. The molecule has 0 radical (unpaired) electrons. The van der Waals surface area contributed by atoms with Crippen LogP contribution in [0, 0.1) is 0 Å². The van der Waals surface area contributed by atoms with Gasteiger partial charge in [-0.05, 0) is 66.8 Å². The second-order valence-corrected chi connectivity index (χ2v) is 10.8. The fraction of sp³-hybridized carbons (Fsp3) is 0.500. The third-order valence-electron chi connectivity index (χ3n) is 5.97. The number of aryl methyl sites for hydroxylation is 1. The van der Waals surface area contributed by atoms with Gasteiger partial charge >= 0.3 is 12.4 Å². The van der Waals surface area contributed by atoms with Gasteiger partial charge in [0.2, 0.25) is 0 Å². The van der Waals surface area contributed by atoms with Crippen molar-refractivity contribution in [3.63, 3.8) is 0 Å². The van der Waals surface area contributed by atoms with Crippen LogP contribution in [0.1, 0.15) is 50.6 Å². The van der Waals surface area contributed by atoms with E-state index >= 15 is 0 Å². The maximum absolute atomic E-state index is 13.1. The number of hydrogen-bond donors (Lipinski definition) is 3. The number of carbonyl (C=O) groups is 2. The summed E-state index contributed by atoms with van der Waals surface area (Å²) in [6, 6.07) is 8.57. The van der Waals surface area contributed by atoms with Crippen molar-refractivity contribution < 1.29 is 45.9 Å². The number of halogens is 6. The van der Waals surface area contributed by atoms with E-state index in [0.717, 1.165) is 30.5 Å². The molecule has 4 rings (SSSR count). The zero-order chi connectivity index (χ0) is 30.9. The number of hydrogen-bond acceptors (Lipinski definition) is 7. The summed E-state index contributed by atoms with van der Waals surface area (Å²) in [5.41, 5.74) is 1.56. The Bertz CT molecular complexity index is 1220. The SMILES string of the molecule is Cn1ccc(C2=C(C(=O)NN(O)SC3CC3)C(=O)NC(C(F)(F)F)C2)n1.FC(F)(F)CCCCCOc1ccccc1. The molecule has 1 atom stereocenters. The molecule has 42 heavy (non-hydrogen) atoms. The second kappa shape index (κ2) is 14.8. The van der Waals surface area contributed by atoms with Crippen LogP contribution >= 0.6 is 11.9 Å². The Morgan fingerprint density at radius 1 is 1.14 bits per heavy atom.